The fourth-order valence-electron chi connectivity index (χ4n) is 9.95. The summed E-state index contributed by atoms with van der Waals surface area (Å²) < 4.78 is 0. The van der Waals surface area contributed by atoms with Crippen LogP contribution in [0.4, 0.5) is 0 Å². The van der Waals surface area contributed by atoms with Crippen LogP contribution in [-0.2, 0) is 10.8 Å². The van der Waals surface area contributed by atoms with Gasteiger partial charge in [-0.2, -0.15) is 0 Å². The largest absolute Gasteiger partial charge is 0.120 e. The molecular formula is C49H34. The van der Waals surface area contributed by atoms with E-state index >= 15 is 0 Å². The highest BCUT2D eigenvalue weighted by atomic mass is 14.6. The molecule has 0 N–H and O–H groups in total. The fraction of sp³-hybridized carbons (Fsp3) is 0.0816. The van der Waals surface area contributed by atoms with Gasteiger partial charge in [0.1, 0.15) is 0 Å². The second-order valence-electron chi connectivity index (χ2n) is 13.8. The molecule has 49 heavy (non-hydrogen) atoms. The molecule has 0 amide bonds. The third-order valence-corrected chi connectivity index (χ3v) is 11.7. The van der Waals surface area contributed by atoms with Gasteiger partial charge < -0.3 is 0 Å². The summed E-state index contributed by atoms with van der Waals surface area (Å²) in [6.45, 7) is 9.22. The van der Waals surface area contributed by atoms with Crippen LogP contribution in [-0.4, -0.2) is 0 Å². The van der Waals surface area contributed by atoms with Crippen molar-refractivity contribution in [3.05, 3.63) is 226 Å². The van der Waals surface area contributed by atoms with Crippen LogP contribution in [0.2, 0.25) is 0 Å². The van der Waals surface area contributed by atoms with E-state index in [-0.39, 0.29) is 0 Å². The van der Waals surface area contributed by atoms with Crippen molar-refractivity contribution < 1.29 is 0 Å². The average molecular weight is 623 g/mol. The minimum atomic E-state index is -0.552. The summed E-state index contributed by atoms with van der Waals surface area (Å²) in [7, 11) is 0. The maximum atomic E-state index is 4.67. The highest BCUT2D eigenvalue weighted by molar-refractivity contribution is 5.98. The molecule has 0 radical (unpaired) electrons. The predicted octanol–water partition coefficient (Wildman–Crippen LogP) is 12.0. The summed E-state index contributed by atoms with van der Waals surface area (Å²) in [5.74, 6) is 0. The van der Waals surface area contributed by atoms with Crippen molar-refractivity contribution in [3.8, 4) is 22.3 Å². The number of hydrogen-bond acceptors (Lipinski definition) is 0. The predicted molar refractivity (Wildman–Crippen MR) is 205 cm³/mol. The van der Waals surface area contributed by atoms with Crippen molar-refractivity contribution in [3.63, 3.8) is 0 Å². The Bertz CT molecular complexity index is 2530. The summed E-state index contributed by atoms with van der Waals surface area (Å²) in [6, 6.07) is 49.4. The van der Waals surface area contributed by atoms with Gasteiger partial charge in [0.15, 0.2) is 0 Å². The van der Waals surface area contributed by atoms with Gasteiger partial charge in [-0.3, -0.25) is 0 Å². The Balaban J connectivity index is 1.42. The summed E-state index contributed by atoms with van der Waals surface area (Å²) in [5.41, 5.74) is 21.9. The van der Waals surface area contributed by atoms with Crippen molar-refractivity contribution in [1.29, 1.82) is 0 Å². The van der Waals surface area contributed by atoms with E-state index in [1.54, 1.807) is 0 Å². The van der Waals surface area contributed by atoms with Gasteiger partial charge in [0, 0.05) is 0 Å². The third kappa shape index (κ3) is 3.34. The molecule has 0 nitrogen and oxygen atoms in total. The minimum absolute atomic E-state index is 0.540. The van der Waals surface area contributed by atoms with E-state index in [0.29, 0.717) is 0 Å². The Labute approximate surface area is 288 Å². The molecule has 0 aliphatic heterocycles. The lowest BCUT2D eigenvalue weighted by Gasteiger charge is -2.48. The smallest absolute Gasteiger partial charge is 0.0726 e. The molecular weight excluding hydrogens is 589 g/mol. The fourth-order valence-corrected chi connectivity index (χ4v) is 9.95. The van der Waals surface area contributed by atoms with Crippen LogP contribution in [0, 0.1) is 6.92 Å². The second-order valence-corrected chi connectivity index (χ2v) is 13.8. The standard InChI is InChI=1S/C49H34/c1-4-39-46(30-32(3)47-31(2)28-29-33-16-5-6-17-34(33)47)49(42-24-13-9-20-37(42)38-21-10-14-25-43(38)49)45-27-15-26-44(45)48(39)40-22-11-7-18-35(40)36-19-8-12-23-41(36)48/h4-14,16-30H,1H2,2-3H3/b32-30+. The molecule has 6 aromatic carbocycles. The van der Waals surface area contributed by atoms with Crippen LogP contribution in [0.25, 0.3) is 38.6 Å². The Hall–Kier alpha value is -5.94. The minimum Gasteiger partial charge on any atom is -0.120 e. The first kappa shape index (κ1) is 28.1. The van der Waals surface area contributed by atoms with E-state index in [0.717, 1.165) is 0 Å². The molecule has 0 aromatic heterocycles. The van der Waals surface area contributed by atoms with Gasteiger partial charge in [-0.25, -0.2) is 0 Å². The summed E-state index contributed by atoms with van der Waals surface area (Å²) in [4.78, 5) is 0. The number of aryl methyl sites for hydroxylation is 1. The van der Waals surface area contributed by atoms with Crippen molar-refractivity contribution in [2.45, 2.75) is 24.7 Å². The van der Waals surface area contributed by atoms with Crippen molar-refractivity contribution >= 4 is 16.3 Å². The van der Waals surface area contributed by atoms with Gasteiger partial charge in [0.05, 0.1) is 10.8 Å². The Morgan fingerprint density at radius 3 is 1.51 bits per heavy atom. The molecule has 0 saturated heterocycles. The summed E-state index contributed by atoms with van der Waals surface area (Å²) in [5, 5.41) is 2.54. The van der Waals surface area contributed by atoms with E-state index in [1.165, 1.54) is 94.3 Å². The Morgan fingerprint density at radius 2 is 1.00 bits per heavy atom. The molecule has 0 atom stereocenters. The van der Waals surface area contributed by atoms with Gasteiger partial charge in [-0.15, -0.1) is 5.73 Å². The van der Waals surface area contributed by atoms with Gasteiger partial charge >= 0.3 is 0 Å². The first-order valence-electron chi connectivity index (χ1n) is 17.2. The molecule has 230 valence electrons. The second kappa shape index (κ2) is 10.0. The van der Waals surface area contributed by atoms with Crippen molar-refractivity contribution in [2.24, 2.45) is 0 Å². The van der Waals surface area contributed by atoms with Crippen molar-refractivity contribution in [2.75, 3.05) is 0 Å². The van der Waals surface area contributed by atoms with Crippen LogP contribution in [0.15, 0.2) is 192 Å². The van der Waals surface area contributed by atoms with Crippen LogP contribution in [0.3, 0.4) is 0 Å². The van der Waals surface area contributed by atoms with Crippen LogP contribution in [0.5, 0.6) is 0 Å². The molecule has 4 aliphatic carbocycles. The van der Waals surface area contributed by atoms with E-state index in [2.05, 4.69) is 184 Å². The van der Waals surface area contributed by atoms with Gasteiger partial charge in [0.25, 0.3) is 0 Å². The lowest BCUT2D eigenvalue weighted by atomic mass is 9.52. The summed E-state index contributed by atoms with van der Waals surface area (Å²) in [6.07, 6.45) is 9.25. The van der Waals surface area contributed by atoms with Crippen molar-refractivity contribution in [1.82, 2.24) is 0 Å². The first-order chi connectivity index (χ1) is 24.1. The quantitative estimate of drug-likeness (QED) is 0.172. The number of fused-ring (bicyclic) bond motifs is 13. The van der Waals surface area contributed by atoms with Crippen LogP contribution in [0.1, 0.15) is 40.3 Å². The maximum absolute atomic E-state index is 4.67. The number of benzene rings is 6. The van der Waals surface area contributed by atoms with E-state index in [4.69, 9.17) is 0 Å². The maximum Gasteiger partial charge on any atom is 0.0726 e. The summed E-state index contributed by atoms with van der Waals surface area (Å²) >= 11 is 0. The zero-order valence-electron chi connectivity index (χ0n) is 27.7. The molecule has 10 rings (SSSR count). The van der Waals surface area contributed by atoms with Crippen LogP contribution >= 0.6 is 0 Å². The zero-order valence-corrected chi connectivity index (χ0v) is 27.7. The topological polar surface area (TPSA) is 0 Å². The molecule has 0 fully saturated rings. The van der Waals surface area contributed by atoms with E-state index in [1.807, 2.05) is 0 Å². The first-order valence-corrected chi connectivity index (χ1v) is 17.2. The number of hydrogen-bond donors (Lipinski definition) is 0. The third-order valence-electron chi connectivity index (χ3n) is 11.7. The average Bonchev–Trinajstić information content (AvgIpc) is 3.83. The SMILES string of the molecule is C=CC1=C(/C=C(\C)c2c(C)ccc3ccccc23)C2(C3=C(C=C=C3)C13c1ccccc1-c1ccccc13)c1ccccc1-c1ccccc12. The molecule has 2 spiro atoms. The number of allylic oxidation sites excluding steroid dienone is 8. The van der Waals surface area contributed by atoms with Gasteiger partial charge in [0.2, 0.25) is 0 Å². The lowest BCUT2D eigenvalue weighted by molar-refractivity contribution is 0.643. The molecule has 0 bridgehead atoms. The van der Waals surface area contributed by atoms with Gasteiger partial charge in [-0.05, 0) is 120 Å². The highest BCUT2D eigenvalue weighted by Crippen LogP contribution is 2.68. The normalized spacial score (nSPS) is 17.1. The molecule has 6 aromatic rings. The molecule has 4 aliphatic rings. The van der Waals surface area contributed by atoms with E-state index in [9.17, 15) is 0 Å². The Morgan fingerprint density at radius 1 is 0.551 bits per heavy atom. The molecule has 0 saturated carbocycles. The molecule has 0 heterocycles. The monoisotopic (exact) mass is 622 g/mol. The van der Waals surface area contributed by atoms with E-state index < -0.39 is 10.8 Å². The highest BCUT2D eigenvalue weighted by Gasteiger charge is 2.59. The number of rotatable bonds is 3. The Kier molecular flexibility index (Phi) is 5.76. The van der Waals surface area contributed by atoms with Crippen LogP contribution < -0.4 is 0 Å². The lowest BCUT2D eigenvalue weighted by Crippen LogP contribution is -2.42. The molecule has 0 unspecified atom stereocenters. The molecule has 0 heteroatoms. The van der Waals surface area contributed by atoms with Gasteiger partial charge in [-0.1, -0.05) is 152 Å². The zero-order chi connectivity index (χ0) is 32.9.